The van der Waals surface area contributed by atoms with E-state index >= 15 is 0 Å². The molecular weight excluding hydrogens is 276 g/mol. The molecule has 0 saturated carbocycles. The summed E-state index contributed by atoms with van der Waals surface area (Å²) in [7, 11) is 1.78. The Morgan fingerprint density at radius 2 is 2.00 bits per heavy atom. The van der Waals surface area contributed by atoms with Gasteiger partial charge in [-0.2, -0.15) is 0 Å². The van der Waals surface area contributed by atoms with Gasteiger partial charge in [-0.05, 0) is 38.1 Å². The number of rotatable bonds is 3. The highest BCUT2D eigenvalue weighted by atomic mass is 16.3. The SMILES string of the molecule is Cc1ccc(C(=O)N(C)[C@@H](C)c2cc3ccccc3o2)cn1. The van der Waals surface area contributed by atoms with Crippen molar-refractivity contribution in [1.29, 1.82) is 0 Å². The maximum atomic E-state index is 12.5. The highest BCUT2D eigenvalue weighted by Crippen LogP contribution is 2.27. The number of furan rings is 1. The van der Waals surface area contributed by atoms with Crippen molar-refractivity contribution < 1.29 is 9.21 Å². The Morgan fingerprint density at radius 1 is 1.23 bits per heavy atom. The number of carbonyl (C=O) groups excluding carboxylic acids is 1. The molecule has 3 rings (SSSR count). The maximum absolute atomic E-state index is 12.5. The first-order valence-corrected chi connectivity index (χ1v) is 7.24. The van der Waals surface area contributed by atoms with Crippen LogP contribution in [-0.2, 0) is 0 Å². The fraction of sp³-hybridized carbons (Fsp3) is 0.222. The van der Waals surface area contributed by atoms with E-state index in [1.807, 2.05) is 50.2 Å². The van der Waals surface area contributed by atoms with Crippen LogP contribution in [0.25, 0.3) is 11.0 Å². The van der Waals surface area contributed by atoms with E-state index in [-0.39, 0.29) is 11.9 Å². The first-order valence-electron chi connectivity index (χ1n) is 7.24. The lowest BCUT2D eigenvalue weighted by molar-refractivity contribution is 0.0727. The van der Waals surface area contributed by atoms with E-state index in [1.54, 1.807) is 24.2 Å². The zero-order valence-electron chi connectivity index (χ0n) is 12.9. The van der Waals surface area contributed by atoms with Gasteiger partial charge in [0, 0.05) is 24.3 Å². The minimum Gasteiger partial charge on any atom is -0.459 e. The highest BCUT2D eigenvalue weighted by molar-refractivity contribution is 5.94. The van der Waals surface area contributed by atoms with Crippen molar-refractivity contribution in [2.75, 3.05) is 7.05 Å². The number of fused-ring (bicyclic) bond motifs is 1. The second-order valence-corrected chi connectivity index (χ2v) is 5.47. The van der Waals surface area contributed by atoms with Crippen LogP contribution in [0.1, 0.15) is 34.8 Å². The lowest BCUT2D eigenvalue weighted by Gasteiger charge is -2.23. The van der Waals surface area contributed by atoms with Crippen molar-refractivity contribution in [2.45, 2.75) is 19.9 Å². The number of carbonyl (C=O) groups is 1. The number of pyridine rings is 1. The van der Waals surface area contributed by atoms with Gasteiger partial charge in [0.15, 0.2) is 0 Å². The average Bonchev–Trinajstić information content (AvgIpc) is 2.97. The van der Waals surface area contributed by atoms with Crippen molar-refractivity contribution in [1.82, 2.24) is 9.88 Å². The van der Waals surface area contributed by atoms with E-state index in [4.69, 9.17) is 4.42 Å². The third-order valence-corrected chi connectivity index (χ3v) is 3.92. The fourth-order valence-electron chi connectivity index (χ4n) is 2.37. The summed E-state index contributed by atoms with van der Waals surface area (Å²) >= 11 is 0. The average molecular weight is 294 g/mol. The van der Waals surface area contributed by atoms with Crippen LogP contribution in [0, 0.1) is 6.92 Å². The van der Waals surface area contributed by atoms with Gasteiger partial charge in [0.1, 0.15) is 11.3 Å². The summed E-state index contributed by atoms with van der Waals surface area (Å²) < 4.78 is 5.85. The van der Waals surface area contributed by atoms with Crippen LogP contribution in [0.2, 0.25) is 0 Å². The lowest BCUT2D eigenvalue weighted by atomic mass is 10.1. The van der Waals surface area contributed by atoms with Crippen LogP contribution in [0.3, 0.4) is 0 Å². The molecule has 0 unspecified atom stereocenters. The number of hydrogen-bond acceptors (Lipinski definition) is 3. The smallest absolute Gasteiger partial charge is 0.255 e. The van der Waals surface area contributed by atoms with E-state index in [1.165, 1.54) is 0 Å². The van der Waals surface area contributed by atoms with Gasteiger partial charge < -0.3 is 9.32 Å². The Morgan fingerprint density at radius 3 is 2.68 bits per heavy atom. The maximum Gasteiger partial charge on any atom is 0.255 e. The molecule has 4 nitrogen and oxygen atoms in total. The third kappa shape index (κ3) is 2.60. The quantitative estimate of drug-likeness (QED) is 0.734. The van der Waals surface area contributed by atoms with Gasteiger partial charge >= 0.3 is 0 Å². The van der Waals surface area contributed by atoms with Crippen molar-refractivity contribution in [3.63, 3.8) is 0 Å². The van der Waals surface area contributed by atoms with Gasteiger partial charge in [-0.3, -0.25) is 9.78 Å². The third-order valence-electron chi connectivity index (χ3n) is 3.92. The Labute approximate surface area is 129 Å². The fourth-order valence-corrected chi connectivity index (χ4v) is 2.37. The Balaban J connectivity index is 1.85. The predicted octanol–water partition coefficient (Wildman–Crippen LogP) is 3.97. The molecule has 4 heteroatoms. The van der Waals surface area contributed by atoms with Gasteiger partial charge in [-0.25, -0.2) is 0 Å². The zero-order valence-corrected chi connectivity index (χ0v) is 12.9. The summed E-state index contributed by atoms with van der Waals surface area (Å²) in [6, 6.07) is 13.3. The first kappa shape index (κ1) is 14.3. The Kier molecular flexibility index (Phi) is 3.67. The van der Waals surface area contributed by atoms with Crippen molar-refractivity contribution in [3.05, 3.63) is 65.7 Å². The molecule has 22 heavy (non-hydrogen) atoms. The number of hydrogen-bond donors (Lipinski definition) is 0. The Hall–Kier alpha value is -2.62. The van der Waals surface area contributed by atoms with Crippen LogP contribution in [-0.4, -0.2) is 22.8 Å². The molecule has 0 aliphatic heterocycles. The topological polar surface area (TPSA) is 46.3 Å². The second kappa shape index (κ2) is 5.64. The minimum atomic E-state index is -0.152. The standard InChI is InChI=1S/C18H18N2O2/c1-12-8-9-15(11-19-12)18(21)20(3)13(2)17-10-14-6-4-5-7-16(14)22-17/h4-11,13H,1-3H3/t13-/m0/s1. The van der Waals surface area contributed by atoms with Crippen LogP contribution < -0.4 is 0 Å². The van der Waals surface area contributed by atoms with Gasteiger partial charge in [-0.1, -0.05) is 18.2 Å². The molecule has 1 atom stereocenters. The summed E-state index contributed by atoms with van der Waals surface area (Å²) in [6.07, 6.45) is 1.61. The summed E-state index contributed by atoms with van der Waals surface area (Å²) in [5, 5.41) is 1.04. The number of nitrogens with zero attached hydrogens (tertiary/aromatic N) is 2. The number of benzene rings is 1. The minimum absolute atomic E-state index is 0.0690. The molecule has 3 aromatic rings. The molecule has 0 radical (unpaired) electrons. The van der Waals surface area contributed by atoms with Gasteiger partial charge in [0.2, 0.25) is 0 Å². The molecule has 2 aromatic heterocycles. The molecule has 1 aromatic carbocycles. The van der Waals surface area contributed by atoms with Crippen molar-refractivity contribution in [2.24, 2.45) is 0 Å². The first-order chi connectivity index (χ1) is 10.6. The summed E-state index contributed by atoms with van der Waals surface area (Å²) in [4.78, 5) is 18.4. The molecule has 2 heterocycles. The van der Waals surface area contributed by atoms with Crippen LogP contribution >= 0.6 is 0 Å². The summed E-state index contributed by atoms with van der Waals surface area (Å²) in [5.41, 5.74) is 2.31. The molecule has 0 aliphatic rings. The number of para-hydroxylation sites is 1. The van der Waals surface area contributed by atoms with E-state index < -0.39 is 0 Å². The van der Waals surface area contributed by atoms with Crippen molar-refractivity contribution in [3.8, 4) is 0 Å². The van der Waals surface area contributed by atoms with Gasteiger partial charge in [-0.15, -0.1) is 0 Å². The molecule has 0 bridgehead atoms. The van der Waals surface area contributed by atoms with E-state index in [0.717, 1.165) is 22.4 Å². The zero-order chi connectivity index (χ0) is 15.7. The van der Waals surface area contributed by atoms with Gasteiger partial charge in [0.25, 0.3) is 5.91 Å². The normalized spacial score (nSPS) is 12.3. The molecule has 1 amide bonds. The van der Waals surface area contributed by atoms with E-state index in [2.05, 4.69) is 4.98 Å². The van der Waals surface area contributed by atoms with Gasteiger partial charge in [0.05, 0.1) is 11.6 Å². The summed E-state index contributed by atoms with van der Waals surface area (Å²) in [5.74, 6) is 0.706. The molecule has 0 aliphatic carbocycles. The van der Waals surface area contributed by atoms with E-state index in [0.29, 0.717) is 5.56 Å². The molecule has 0 fully saturated rings. The molecule has 0 spiro atoms. The van der Waals surface area contributed by atoms with Crippen LogP contribution in [0.4, 0.5) is 0 Å². The molecule has 0 N–H and O–H groups in total. The number of amides is 1. The molecule has 0 saturated heterocycles. The second-order valence-electron chi connectivity index (χ2n) is 5.47. The lowest BCUT2D eigenvalue weighted by Crippen LogP contribution is -2.29. The number of aromatic nitrogens is 1. The van der Waals surface area contributed by atoms with Crippen LogP contribution in [0.15, 0.2) is 53.1 Å². The monoisotopic (exact) mass is 294 g/mol. The van der Waals surface area contributed by atoms with E-state index in [9.17, 15) is 4.79 Å². The van der Waals surface area contributed by atoms with Crippen molar-refractivity contribution >= 4 is 16.9 Å². The number of aryl methyl sites for hydroxylation is 1. The molecular formula is C18H18N2O2. The predicted molar refractivity (Wildman–Crippen MR) is 85.7 cm³/mol. The highest BCUT2D eigenvalue weighted by Gasteiger charge is 2.22. The largest absolute Gasteiger partial charge is 0.459 e. The molecule has 112 valence electrons. The van der Waals surface area contributed by atoms with Crippen LogP contribution in [0.5, 0.6) is 0 Å². The summed E-state index contributed by atoms with van der Waals surface area (Å²) in [6.45, 7) is 3.85. The Bertz CT molecular complexity index is 772.